The number of amides is 1. The molecule has 0 aromatic heterocycles. The fraction of sp³-hybridized carbons (Fsp3) is 0.350. The summed E-state index contributed by atoms with van der Waals surface area (Å²) in [5, 5.41) is 0. The number of benzene rings is 2. The molecule has 138 valence electrons. The molecule has 1 amide bonds. The first-order valence-electron chi connectivity index (χ1n) is 8.65. The lowest BCUT2D eigenvalue weighted by atomic mass is 9.95. The Bertz CT molecular complexity index is 722. The first kappa shape index (κ1) is 18.3. The molecule has 26 heavy (non-hydrogen) atoms. The third kappa shape index (κ3) is 4.58. The fourth-order valence-electron chi connectivity index (χ4n) is 3.33. The van der Waals surface area contributed by atoms with Crippen molar-refractivity contribution in [2.24, 2.45) is 5.73 Å². The smallest absolute Gasteiger partial charge is 0.387 e. The van der Waals surface area contributed by atoms with Crippen molar-refractivity contribution in [3.63, 3.8) is 0 Å². The van der Waals surface area contributed by atoms with Crippen molar-refractivity contribution in [1.29, 1.82) is 0 Å². The third-order valence-electron chi connectivity index (χ3n) is 4.72. The highest BCUT2D eigenvalue weighted by Crippen LogP contribution is 2.27. The van der Waals surface area contributed by atoms with Crippen molar-refractivity contribution in [1.82, 2.24) is 4.90 Å². The van der Waals surface area contributed by atoms with E-state index in [-0.39, 0.29) is 23.6 Å². The summed E-state index contributed by atoms with van der Waals surface area (Å²) in [5.74, 6) is 0.337. The molecule has 0 radical (unpaired) electrons. The van der Waals surface area contributed by atoms with Gasteiger partial charge in [-0.25, -0.2) is 0 Å². The molecule has 0 saturated carbocycles. The summed E-state index contributed by atoms with van der Waals surface area (Å²) in [5.41, 5.74) is 8.30. The molecule has 0 spiro atoms. The fourth-order valence-corrected chi connectivity index (χ4v) is 3.33. The second kappa shape index (κ2) is 8.27. The SMILES string of the molecule is N[C@@H]1CN(C(=O)CCc2ccc(OC(F)F)cc2)C[C@H]1c1ccccc1. The van der Waals surface area contributed by atoms with Crippen LogP contribution in [0.2, 0.25) is 0 Å². The maximum atomic E-state index is 12.5. The summed E-state index contributed by atoms with van der Waals surface area (Å²) >= 11 is 0. The molecule has 2 aromatic carbocycles. The van der Waals surface area contributed by atoms with E-state index < -0.39 is 6.61 Å². The standard InChI is InChI=1S/C20H22F2N2O2/c21-20(22)26-16-9-6-14(7-10-16)8-11-19(25)24-12-17(18(23)13-24)15-4-2-1-3-5-15/h1-7,9-10,17-18,20H,8,11-13,23H2/t17-,18+/m0/s1. The first-order chi connectivity index (χ1) is 12.5. The van der Waals surface area contributed by atoms with Crippen LogP contribution in [0, 0.1) is 0 Å². The van der Waals surface area contributed by atoms with Gasteiger partial charge >= 0.3 is 6.61 Å². The van der Waals surface area contributed by atoms with Crippen LogP contribution in [-0.2, 0) is 11.2 Å². The zero-order valence-electron chi connectivity index (χ0n) is 14.4. The van der Waals surface area contributed by atoms with Crippen LogP contribution in [0.15, 0.2) is 54.6 Å². The molecule has 4 nitrogen and oxygen atoms in total. The van der Waals surface area contributed by atoms with E-state index in [1.165, 1.54) is 12.1 Å². The van der Waals surface area contributed by atoms with Crippen LogP contribution in [0.3, 0.4) is 0 Å². The molecule has 1 aliphatic rings. The number of hydrogen-bond donors (Lipinski definition) is 1. The molecule has 1 saturated heterocycles. The Labute approximate surface area is 151 Å². The molecule has 1 fully saturated rings. The van der Waals surface area contributed by atoms with Gasteiger partial charge in [-0.05, 0) is 29.7 Å². The van der Waals surface area contributed by atoms with Crippen LogP contribution < -0.4 is 10.5 Å². The Kier molecular flexibility index (Phi) is 5.83. The summed E-state index contributed by atoms with van der Waals surface area (Å²) in [6.45, 7) is -1.65. The second-order valence-corrected chi connectivity index (χ2v) is 6.50. The monoisotopic (exact) mass is 360 g/mol. The number of nitrogens with two attached hydrogens (primary N) is 1. The molecule has 2 aromatic rings. The highest BCUT2D eigenvalue weighted by atomic mass is 19.3. The lowest BCUT2D eigenvalue weighted by Crippen LogP contribution is -2.32. The van der Waals surface area contributed by atoms with E-state index >= 15 is 0 Å². The van der Waals surface area contributed by atoms with Crippen LogP contribution in [0.5, 0.6) is 5.75 Å². The van der Waals surface area contributed by atoms with Crippen molar-refractivity contribution in [3.05, 3.63) is 65.7 Å². The van der Waals surface area contributed by atoms with Gasteiger partial charge in [0.25, 0.3) is 0 Å². The molecule has 6 heteroatoms. The van der Waals surface area contributed by atoms with Gasteiger partial charge in [0.15, 0.2) is 0 Å². The number of alkyl halides is 2. The van der Waals surface area contributed by atoms with Gasteiger partial charge in [0.2, 0.25) is 5.91 Å². The van der Waals surface area contributed by atoms with Gasteiger partial charge < -0.3 is 15.4 Å². The maximum Gasteiger partial charge on any atom is 0.387 e. The number of nitrogens with zero attached hydrogens (tertiary/aromatic N) is 1. The molecular formula is C20H22F2N2O2. The van der Waals surface area contributed by atoms with Crippen LogP contribution >= 0.6 is 0 Å². The minimum Gasteiger partial charge on any atom is -0.435 e. The lowest BCUT2D eigenvalue weighted by molar-refractivity contribution is -0.130. The minimum absolute atomic E-state index is 0.0618. The van der Waals surface area contributed by atoms with Crippen molar-refractivity contribution in [3.8, 4) is 5.75 Å². The Morgan fingerprint density at radius 3 is 2.46 bits per heavy atom. The molecular weight excluding hydrogens is 338 g/mol. The molecule has 1 heterocycles. The van der Waals surface area contributed by atoms with Gasteiger partial charge in [-0.1, -0.05) is 42.5 Å². The number of carbonyl (C=O) groups is 1. The van der Waals surface area contributed by atoms with E-state index in [4.69, 9.17) is 5.73 Å². The van der Waals surface area contributed by atoms with Crippen molar-refractivity contribution in [2.75, 3.05) is 13.1 Å². The van der Waals surface area contributed by atoms with Gasteiger partial charge in [0, 0.05) is 31.5 Å². The van der Waals surface area contributed by atoms with Crippen LogP contribution in [-0.4, -0.2) is 36.5 Å². The molecule has 0 aliphatic carbocycles. The zero-order chi connectivity index (χ0) is 18.5. The summed E-state index contributed by atoms with van der Waals surface area (Å²) in [4.78, 5) is 14.3. The van der Waals surface area contributed by atoms with Gasteiger partial charge in [-0.2, -0.15) is 8.78 Å². The number of likely N-dealkylation sites (tertiary alicyclic amines) is 1. The van der Waals surface area contributed by atoms with Gasteiger partial charge in [-0.15, -0.1) is 0 Å². The molecule has 2 N–H and O–H groups in total. The van der Waals surface area contributed by atoms with E-state index in [1.54, 1.807) is 12.1 Å². The van der Waals surface area contributed by atoms with Crippen molar-refractivity contribution < 1.29 is 18.3 Å². The summed E-state index contributed by atoms with van der Waals surface area (Å²) in [6, 6.07) is 16.3. The van der Waals surface area contributed by atoms with Crippen molar-refractivity contribution >= 4 is 5.91 Å². The van der Waals surface area contributed by atoms with Crippen LogP contribution in [0.25, 0.3) is 0 Å². The summed E-state index contributed by atoms with van der Waals surface area (Å²) in [7, 11) is 0. The number of aryl methyl sites for hydroxylation is 1. The molecule has 1 aliphatic heterocycles. The zero-order valence-corrected chi connectivity index (χ0v) is 14.4. The lowest BCUT2D eigenvalue weighted by Gasteiger charge is -2.16. The number of rotatable bonds is 6. The van der Waals surface area contributed by atoms with E-state index in [9.17, 15) is 13.6 Å². The molecule has 2 atom stereocenters. The Balaban J connectivity index is 1.52. The highest BCUT2D eigenvalue weighted by Gasteiger charge is 2.33. The Morgan fingerprint density at radius 1 is 1.12 bits per heavy atom. The minimum atomic E-state index is -2.83. The van der Waals surface area contributed by atoms with E-state index in [0.717, 1.165) is 11.1 Å². The molecule has 3 rings (SSSR count). The number of ether oxygens (including phenoxy) is 1. The third-order valence-corrected chi connectivity index (χ3v) is 4.72. The van der Waals surface area contributed by atoms with Crippen molar-refractivity contribution in [2.45, 2.75) is 31.4 Å². The number of halogens is 2. The highest BCUT2D eigenvalue weighted by molar-refractivity contribution is 5.77. The second-order valence-electron chi connectivity index (χ2n) is 6.50. The predicted molar refractivity (Wildman–Crippen MR) is 95.1 cm³/mol. The number of hydrogen-bond acceptors (Lipinski definition) is 3. The van der Waals surface area contributed by atoms with Crippen LogP contribution in [0.4, 0.5) is 8.78 Å². The topological polar surface area (TPSA) is 55.6 Å². The Hall–Kier alpha value is -2.47. The van der Waals surface area contributed by atoms with E-state index in [1.807, 2.05) is 35.2 Å². The van der Waals surface area contributed by atoms with Crippen LogP contribution in [0.1, 0.15) is 23.5 Å². The predicted octanol–water partition coefficient (Wildman–Crippen LogP) is 3.17. The largest absolute Gasteiger partial charge is 0.435 e. The molecule has 0 unspecified atom stereocenters. The van der Waals surface area contributed by atoms with E-state index in [2.05, 4.69) is 4.74 Å². The van der Waals surface area contributed by atoms with Gasteiger partial charge in [0.05, 0.1) is 0 Å². The first-order valence-corrected chi connectivity index (χ1v) is 8.65. The van der Waals surface area contributed by atoms with E-state index in [0.29, 0.717) is 25.9 Å². The normalized spacial score (nSPS) is 19.8. The summed E-state index contributed by atoms with van der Waals surface area (Å²) < 4.78 is 28.6. The quantitative estimate of drug-likeness (QED) is 0.861. The maximum absolute atomic E-state index is 12.5. The van der Waals surface area contributed by atoms with Gasteiger partial charge in [-0.3, -0.25) is 4.79 Å². The molecule has 0 bridgehead atoms. The average Bonchev–Trinajstić information content (AvgIpc) is 3.03. The number of carbonyl (C=O) groups excluding carboxylic acids is 1. The van der Waals surface area contributed by atoms with Gasteiger partial charge in [0.1, 0.15) is 5.75 Å². The summed E-state index contributed by atoms with van der Waals surface area (Å²) in [6.07, 6.45) is 0.915. The average molecular weight is 360 g/mol. The Morgan fingerprint density at radius 2 is 1.81 bits per heavy atom.